The number of allylic oxidation sites excluding steroid dienone is 2. The van der Waals surface area contributed by atoms with Crippen molar-refractivity contribution >= 4 is 56.8 Å². The van der Waals surface area contributed by atoms with Crippen LogP contribution in [-0.4, -0.2) is 227 Å². The Kier molecular flexibility index (Phi) is 56.4. The number of amides is 3. The average Bonchev–Trinajstić information content (AvgIpc) is 1.71. The van der Waals surface area contributed by atoms with Gasteiger partial charge in [-0.15, -0.1) is 0 Å². The van der Waals surface area contributed by atoms with Crippen molar-refractivity contribution in [2.45, 2.75) is 374 Å². The van der Waals surface area contributed by atoms with E-state index in [1.165, 1.54) is 125 Å². The zero-order valence-electron chi connectivity index (χ0n) is 98.6. The number of aromatic amines is 1. The van der Waals surface area contributed by atoms with Gasteiger partial charge in [0.05, 0.1) is 80.7 Å². The van der Waals surface area contributed by atoms with Crippen LogP contribution < -0.4 is 15.4 Å². The van der Waals surface area contributed by atoms with Crippen LogP contribution in [0.3, 0.4) is 0 Å². The van der Waals surface area contributed by atoms with E-state index in [9.17, 15) is 39.9 Å². The number of carbonyl (C=O) groups excluding carboxylic acids is 3. The molecule has 30 heteroatoms. The Bertz CT molecular complexity index is 5320. The fourth-order valence-electron chi connectivity index (χ4n) is 16.2. The third-order valence-electron chi connectivity index (χ3n) is 25.9. The Hall–Kier alpha value is -8.65. The molecule has 25 nitrogen and oxygen atoms in total. The summed E-state index contributed by atoms with van der Waals surface area (Å²) in [6.45, 7) is 82.5. The maximum absolute atomic E-state index is 13.2. The van der Waals surface area contributed by atoms with E-state index in [0.717, 1.165) is 76.5 Å². The molecule has 1 saturated carbocycles. The number of sulfone groups is 2. The maximum atomic E-state index is 13.2. The molecule has 11 rings (SSSR count). The van der Waals surface area contributed by atoms with E-state index < -0.39 is 32.7 Å². The highest BCUT2D eigenvalue weighted by atomic mass is 32.2. The number of methoxy groups -OCH3 is 1. The number of ether oxygens (including phenoxy) is 5. The van der Waals surface area contributed by atoms with Crippen molar-refractivity contribution < 1.29 is 63.5 Å². The molecular weight excluding hydrogens is 1900 g/mol. The van der Waals surface area contributed by atoms with Gasteiger partial charge in [0.2, 0.25) is 5.91 Å². The van der Waals surface area contributed by atoms with Gasteiger partial charge in [-0.05, 0) is 289 Å². The number of hydrogen-bond acceptors (Lipinski definition) is 18. The van der Waals surface area contributed by atoms with Crippen LogP contribution in [0.4, 0.5) is 13.4 Å². The first-order chi connectivity index (χ1) is 68.4. The summed E-state index contributed by atoms with van der Waals surface area (Å²) in [5, 5.41) is 14.7. The van der Waals surface area contributed by atoms with Crippen LogP contribution in [0.15, 0.2) is 138 Å². The molecule has 4 aliphatic rings. The number of hydrogen-bond donors (Lipinski definition) is 3. The van der Waals surface area contributed by atoms with Crippen molar-refractivity contribution in [3.05, 3.63) is 190 Å². The van der Waals surface area contributed by atoms with Crippen LogP contribution in [0.1, 0.15) is 377 Å². The average molecular weight is 2100 g/mol. The lowest BCUT2D eigenvalue weighted by molar-refractivity contribution is -0.121. The Morgan fingerprint density at radius 2 is 1.10 bits per heavy atom. The molecule has 3 fully saturated rings. The molecule has 3 amide bonds. The highest BCUT2D eigenvalue weighted by molar-refractivity contribution is 7.90. The molecule has 7 heterocycles. The number of likely N-dealkylation sites (tertiary alicyclic amines) is 2. The quantitative estimate of drug-likeness (QED) is 0.0290. The first kappa shape index (κ1) is 134. The molecule has 4 aromatic heterocycles. The maximum Gasteiger partial charge on any atom is 0.677 e. The lowest BCUT2D eigenvalue weighted by Crippen LogP contribution is -2.42. The van der Waals surface area contributed by atoms with Crippen molar-refractivity contribution in [3.8, 4) is 5.75 Å². The molecule has 2 saturated heterocycles. The fraction of sp³-hybridized carbons (Fsp3) is 0.669. The molecule has 0 radical (unpaired) electrons. The third kappa shape index (κ3) is 54.6. The predicted molar refractivity (Wildman–Crippen MR) is 612 cm³/mol. The number of H-pyrrole nitrogens is 1. The van der Waals surface area contributed by atoms with Gasteiger partial charge in [0.15, 0.2) is 19.7 Å². The summed E-state index contributed by atoms with van der Waals surface area (Å²) in [5.41, 5.74) is 13.2. The highest BCUT2D eigenvalue weighted by Gasteiger charge is 2.32. The number of aromatic nitrogens is 7. The zero-order chi connectivity index (χ0) is 112. The standard InChI is InChI=1S/C18H24BF2N3O2.C18H29NO4.C17H29N3O2.C13H22N2.C12H18O2S.C11H16O2S.C10H21N.C10H23N.C9H16N2/c1-4-26-10-9-22-18(25)8-7-15-5-6-16(23-15)12-17-13(2)11-14(3)24(17)19(20)21;1-6-22-11-12-23-10-9-19-17(20)14-7-8-15(18(2,3)4)16(13-14)21-5;1-16(2,3)13-11-18-20(12-13)14-7-9-19(10-8-14)15(21)22-17(4,5)6;1-13(2,3)11-9-14-15(10-11)12-7-5-4-6-8-12;1-12(2,3)11-7-5-10(6-8-11)9-15(4,13)14;1-11(2,3)9-6-5-7-10(8-9)14(4,12)13;1-10(2,3)9-5-7-11(4)8-6-9;1-6-11(7-2)9-8-10(3,4)5;1-9(2,3)5-4-8-6-10-7-11-8/h5-6,11-12H,4,7-10H2,1-3H3,(H,22,25);7-8,13H,6,9-12H2,1-5H3,(H,19,20);11-12,14H,7-10H2,1-6H3;9-10,12H,4-8H2,1-3H3;5-8H,9H2,1-4H3;5-8H,1-4H3;9H,5-8H2,1-4H3;6-9H2,1-5H3;6-7H,4-5H2,1-3H3,(H,10,11)/b16-12-;;;;;;;;. The number of imidazole rings is 1. The highest BCUT2D eigenvalue weighted by Crippen LogP contribution is 2.37. The second-order valence-electron chi connectivity index (χ2n) is 49.2. The number of benzene rings is 3. The van der Waals surface area contributed by atoms with Crippen LogP contribution in [0.2, 0.25) is 0 Å². The Morgan fingerprint density at radius 1 is 0.574 bits per heavy atom. The number of nitrogens with zero attached hydrogens (tertiary/aromatic N) is 10. The molecule has 0 unspecified atom stereocenters. The van der Waals surface area contributed by atoms with Gasteiger partial charge >= 0.3 is 13.5 Å². The summed E-state index contributed by atoms with van der Waals surface area (Å²) in [6, 6.07) is 23.2. The van der Waals surface area contributed by atoms with Crippen molar-refractivity contribution in [1.29, 1.82) is 0 Å². The zero-order valence-corrected chi connectivity index (χ0v) is 100. The summed E-state index contributed by atoms with van der Waals surface area (Å²) in [5.74, 6) is 1.61. The Labute approximate surface area is 895 Å². The first-order valence-electron chi connectivity index (χ1n) is 53.9. The minimum absolute atomic E-state index is 0.0132. The molecular formula is C118H198BF2N13O12S2. The molecule has 0 bridgehead atoms. The van der Waals surface area contributed by atoms with Gasteiger partial charge in [0.1, 0.15) is 11.4 Å². The van der Waals surface area contributed by atoms with E-state index in [4.69, 9.17) is 23.7 Å². The number of carbonyl (C=O) groups is 3. The molecule has 3 aliphatic heterocycles. The van der Waals surface area contributed by atoms with Gasteiger partial charge in [0.25, 0.3) is 5.91 Å². The summed E-state index contributed by atoms with van der Waals surface area (Å²) >= 11 is 0. The summed E-state index contributed by atoms with van der Waals surface area (Å²) in [7, 11) is -4.76. The molecule has 0 spiro atoms. The van der Waals surface area contributed by atoms with E-state index >= 15 is 0 Å². The molecule has 3 aromatic carbocycles. The summed E-state index contributed by atoms with van der Waals surface area (Å²) < 4.78 is 103. The normalized spacial score (nSPS) is 15.1. The number of nitrogens with one attached hydrogen (secondary N) is 3. The molecule has 148 heavy (non-hydrogen) atoms. The first-order valence-corrected chi connectivity index (χ1v) is 57.8. The molecule has 836 valence electrons. The van der Waals surface area contributed by atoms with Gasteiger partial charge < -0.3 is 58.5 Å². The number of aliphatic imine (C=N–C) groups is 1. The van der Waals surface area contributed by atoms with Crippen LogP contribution in [0.5, 0.6) is 5.75 Å². The lowest BCUT2D eigenvalue weighted by Gasteiger charge is -2.37. The Morgan fingerprint density at radius 3 is 1.57 bits per heavy atom. The molecule has 3 N–H and O–H groups in total. The van der Waals surface area contributed by atoms with Gasteiger partial charge in [0, 0.05) is 105 Å². The smallest absolute Gasteiger partial charge is 0.496 e. The Balaban J connectivity index is 0.000000435. The minimum Gasteiger partial charge on any atom is -0.496 e. The lowest BCUT2D eigenvalue weighted by atomic mass is 9.75. The predicted octanol–water partition coefficient (Wildman–Crippen LogP) is 25.8. The fourth-order valence-corrected chi connectivity index (χ4v) is 17.7. The van der Waals surface area contributed by atoms with Gasteiger partial charge in [-0.25, -0.2) is 26.6 Å². The van der Waals surface area contributed by atoms with Crippen LogP contribution in [0, 0.1) is 36.0 Å². The monoisotopic (exact) mass is 2100 g/mol. The topological polar surface area (TPSA) is 281 Å². The SMILES string of the molecule is CC(C)(C)CCc1cnc[nH]1.CC(C)(C)OC(=O)N1CCC(n2cc(C(C)(C)C)cn2)CC1.CC(C)(C)c1ccc(CS(C)(=O)=O)cc1.CC(C)(C)c1cccc(S(C)(=O)=O)c1.CC(C)(C)c1cnn(C2CCCCC2)c1.CCN(CC)CCC(C)(C)C.CCOCCNC(=O)CCC1=N/C(=C\c2c(C)cc(C)n2B(F)F)C=C1.CCOCCOCCNC(=O)c1ccc(C(C)(C)C)c(OC)c1.CN1CCC(C(C)(C)C)CC1. The molecule has 1 aliphatic carbocycles. The van der Waals surface area contributed by atoms with E-state index in [-0.39, 0.29) is 50.7 Å². The second kappa shape index (κ2) is 62.5. The summed E-state index contributed by atoms with van der Waals surface area (Å²) in [4.78, 5) is 54.6. The van der Waals surface area contributed by atoms with Gasteiger partial charge in [-0.1, -0.05) is 242 Å². The third-order valence-corrected chi connectivity index (χ3v) is 27.9. The summed E-state index contributed by atoms with van der Waals surface area (Å²) in [6.07, 6.45) is 35.4. The largest absolute Gasteiger partial charge is 0.677 e. The van der Waals surface area contributed by atoms with Crippen molar-refractivity contribution in [2.75, 3.05) is 125 Å². The van der Waals surface area contributed by atoms with E-state index in [1.54, 1.807) is 74.7 Å². The van der Waals surface area contributed by atoms with Gasteiger partial charge in [-0.2, -0.15) is 10.2 Å². The number of rotatable bonds is 29. The van der Waals surface area contributed by atoms with Crippen molar-refractivity contribution in [1.82, 2.24) is 59.3 Å². The number of halogens is 2. The second-order valence-corrected chi connectivity index (χ2v) is 53.3. The molecule has 0 atom stereocenters. The van der Waals surface area contributed by atoms with Crippen molar-refractivity contribution in [3.63, 3.8) is 0 Å². The van der Waals surface area contributed by atoms with E-state index in [0.29, 0.717) is 121 Å². The number of aryl methyl sites for hydroxylation is 3. The molecule has 7 aromatic rings. The van der Waals surface area contributed by atoms with Crippen molar-refractivity contribution in [2.24, 2.45) is 27.2 Å². The van der Waals surface area contributed by atoms with Crippen LogP contribution in [0.25, 0.3) is 6.08 Å². The van der Waals surface area contributed by atoms with Gasteiger partial charge in [-0.3, -0.25) is 32.6 Å². The van der Waals surface area contributed by atoms with Crippen LogP contribution in [-0.2, 0) is 82.7 Å². The van der Waals surface area contributed by atoms with Crippen LogP contribution >= 0.6 is 0 Å². The van der Waals surface area contributed by atoms with E-state index in [1.807, 2.05) is 102 Å². The minimum atomic E-state index is -3.09. The number of piperidine rings is 2. The van der Waals surface area contributed by atoms with E-state index in [2.05, 4.69) is 254 Å².